The summed E-state index contributed by atoms with van der Waals surface area (Å²) in [6.07, 6.45) is 0. The number of hydrogen-bond acceptors (Lipinski definition) is 4. The van der Waals surface area contributed by atoms with E-state index in [1.807, 2.05) is 67.6 Å². The predicted molar refractivity (Wildman–Crippen MR) is 130 cm³/mol. The van der Waals surface area contributed by atoms with Gasteiger partial charge in [-0.3, -0.25) is 4.79 Å². The Hall–Kier alpha value is -3.95. The number of anilines is 2. The van der Waals surface area contributed by atoms with E-state index in [-0.39, 0.29) is 5.91 Å². The number of hydrogen-bond donors (Lipinski definition) is 2. The normalized spacial score (nSPS) is 11.0. The van der Waals surface area contributed by atoms with Crippen molar-refractivity contribution in [1.29, 1.82) is 0 Å². The molecule has 1 unspecified atom stereocenters. The third-order valence-corrected chi connectivity index (χ3v) is 6.08. The second kappa shape index (κ2) is 9.46. The number of nitrogens with one attached hydrogen (secondary N) is 1. The van der Waals surface area contributed by atoms with Crippen LogP contribution >= 0.6 is 8.03 Å². The molecule has 3 N–H and O–H groups in total. The van der Waals surface area contributed by atoms with Crippen LogP contribution in [0.1, 0.15) is 15.9 Å². The SMILES string of the molecule is Cc1cc(C(=O)Nc2cc(-c3ccccc3)ccc2N)ccc1O[P+](=O)c1ccccc1. The molecule has 158 valence electrons. The van der Waals surface area contributed by atoms with Gasteiger partial charge in [0.1, 0.15) is 0 Å². The van der Waals surface area contributed by atoms with E-state index in [1.165, 1.54) is 0 Å². The maximum Gasteiger partial charge on any atom is 0.597 e. The number of carbonyl (C=O) groups excluding carboxylic acids is 1. The Morgan fingerprint density at radius 1 is 0.844 bits per heavy atom. The molecule has 0 aliphatic heterocycles. The molecule has 4 rings (SSSR count). The monoisotopic (exact) mass is 441 g/mol. The maximum absolute atomic E-state index is 12.9. The van der Waals surface area contributed by atoms with Gasteiger partial charge < -0.3 is 11.1 Å². The second-order valence-corrected chi connectivity index (χ2v) is 8.50. The molecule has 0 aromatic heterocycles. The van der Waals surface area contributed by atoms with Gasteiger partial charge in [-0.2, -0.15) is 0 Å². The highest BCUT2D eigenvalue weighted by Crippen LogP contribution is 2.31. The van der Waals surface area contributed by atoms with Crippen LogP contribution in [0, 0.1) is 6.92 Å². The van der Waals surface area contributed by atoms with E-state index in [2.05, 4.69) is 5.32 Å². The number of carbonyl (C=O) groups is 1. The van der Waals surface area contributed by atoms with Crippen molar-refractivity contribution in [2.75, 3.05) is 11.1 Å². The van der Waals surface area contributed by atoms with Gasteiger partial charge in [-0.15, -0.1) is 0 Å². The minimum atomic E-state index is -2.03. The first-order chi connectivity index (χ1) is 15.5. The van der Waals surface area contributed by atoms with Gasteiger partial charge in [0.25, 0.3) is 5.91 Å². The third kappa shape index (κ3) is 4.85. The van der Waals surface area contributed by atoms with E-state index < -0.39 is 8.03 Å². The van der Waals surface area contributed by atoms with Crippen LogP contribution in [0.25, 0.3) is 11.1 Å². The highest BCUT2D eigenvalue weighted by atomic mass is 31.1. The molecule has 4 aromatic rings. The topological polar surface area (TPSA) is 81.4 Å². The molecule has 0 saturated carbocycles. The smallest absolute Gasteiger partial charge is 0.397 e. The van der Waals surface area contributed by atoms with E-state index >= 15 is 0 Å². The molecule has 0 fully saturated rings. The summed E-state index contributed by atoms with van der Waals surface area (Å²) in [4.78, 5) is 12.9. The Kier molecular flexibility index (Phi) is 6.29. The lowest BCUT2D eigenvalue weighted by Crippen LogP contribution is -2.13. The average molecular weight is 441 g/mol. The summed E-state index contributed by atoms with van der Waals surface area (Å²) >= 11 is 0. The quantitative estimate of drug-likeness (QED) is 0.286. The predicted octanol–water partition coefficient (Wildman–Crippen LogP) is 5.94. The molecule has 6 heteroatoms. The molecule has 0 radical (unpaired) electrons. The molecule has 0 bridgehead atoms. The minimum Gasteiger partial charge on any atom is -0.397 e. The summed E-state index contributed by atoms with van der Waals surface area (Å²) in [6, 6.07) is 29.4. The van der Waals surface area contributed by atoms with Crippen molar-refractivity contribution >= 4 is 30.6 Å². The van der Waals surface area contributed by atoms with Crippen molar-refractivity contribution in [2.45, 2.75) is 6.92 Å². The summed E-state index contributed by atoms with van der Waals surface area (Å²) in [5, 5.41) is 3.50. The number of benzene rings is 4. The van der Waals surface area contributed by atoms with Crippen LogP contribution in [0.5, 0.6) is 5.75 Å². The molecule has 32 heavy (non-hydrogen) atoms. The van der Waals surface area contributed by atoms with Gasteiger partial charge in [-0.1, -0.05) is 54.6 Å². The van der Waals surface area contributed by atoms with Crippen molar-refractivity contribution < 1.29 is 13.9 Å². The van der Waals surface area contributed by atoms with Crippen molar-refractivity contribution in [2.24, 2.45) is 0 Å². The molecule has 0 heterocycles. The van der Waals surface area contributed by atoms with Crippen LogP contribution in [0.15, 0.2) is 97.1 Å². The highest BCUT2D eigenvalue weighted by Gasteiger charge is 2.24. The molecule has 4 aromatic carbocycles. The third-order valence-electron chi connectivity index (χ3n) is 4.99. The van der Waals surface area contributed by atoms with Crippen molar-refractivity contribution in [3.05, 3.63) is 108 Å². The summed E-state index contributed by atoms with van der Waals surface area (Å²) in [5.74, 6) is 0.182. The fourth-order valence-corrected chi connectivity index (χ4v) is 4.16. The Bertz CT molecular complexity index is 1280. The zero-order chi connectivity index (χ0) is 22.5. The van der Waals surface area contributed by atoms with E-state index in [9.17, 15) is 9.36 Å². The lowest BCUT2D eigenvalue weighted by Gasteiger charge is -2.11. The first kappa shape index (κ1) is 21.3. The van der Waals surface area contributed by atoms with E-state index in [0.29, 0.717) is 33.6 Å². The van der Waals surface area contributed by atoms with Crippen LogP contribution in [0.4, 0.5) is 11.4 Å². The molecule has 1 atom stereocenters. The molecular formula is C26H22N2O3P+. The zero-order valence-electron chi connectivity index (χ0n) is 17.5. The van der Waals surface area contributed by atoms with Crippen molar-refractivity contribution in [3.8, 4) is 16.9 Å². The maximum atomic E-state index is 12.9. The van der Waals surface area contributed by atoms with Crippen LogP contribution in [-0.4, -0.2) is 5.91 Å². The van der Waals surface area contributed by atoms with Gasteiger partial charge in [0.15, 0.2) is 5.75 Å². The van der Waals surface area contributed by atoms with E-state index in [1.54, 1.807) is 36.4 Å². The first-order valence-electron chi connectivity index (χ1n) is 10.1. The largest absolute Gasteiger partial charge is 0.597 e. The Labute approximate surface area is 187 Å². The number of aryl methyl sites for hydroxylation is 1. The summed E-state index contributed by atoms with van der Waals surface area (Å²) < 4.78 is 18.1. The number of amides is 1. The fraction of sp³-hybridized carbons (Fsp3) is 0.0385. The van der Waals surface area contributed by atoms with Crippen LogP contribution < -0.4 is 20.9 Å². The fourth-order valence-electron chi connectivity index (χ4n) is 3.25. The zero-order valence-corrected chi connectivity index (χ0v) is 18.4. The standard InChI is InChI=1S/C26H21N2O3P/c1-18-16-21(13-15-25(18)31-32(30)22-10-6-3-7-11-22)26(29)28-24-17-20(12-14-23(24)27)19-8-4-2-5-9-19/h2-17H,27H2,1H3/p+1. The van der Waals surface area contributed by atoms with Crippen molar-refractivity contribution in [1.82, 2.24) is 0 Å². The van der Waals surface area contributed by atoms with Gasteiger partial charge in [0.2, 0.25) is 5.30 Å². The van der Waals surface area contributed by atoms with Crippen LogP contribution in [0.2, 0.25) is 0 Å². The lowest BCUT2D eigenvalue weighted by molar-refractivity contribution is 0.102. The molecule has 5 nitrogen and oxygen atoms in total. The summed E-state index contributed by atoms with van der Waals surface area (Å²) in [6.45, 7) is 1.81. The first-order valence-corrected chi connectivity index (χ1v) is 11.3. The van der Waals surface area contributed by atoms with Gasteiger partial charge >= 0.3 is 8.03 Å². The van der Waals surface area contributed by atoms with E-state index in [0.717, 1.165) is 11.1 Å². The Balaban J connectivity index is 1.51. The Morgan fingerprint density at radius 3 is 2.22 bits per heavy atom. The number of rotatable bonds is 6. The van der Waals surface area contributed by atoms with E-state index in [4.69, 9.17) is 10.3 Å². The molecular weight excluding hydrogens is 419 g/mol. The molecule has 0 saturated heterocycles. The van der Waals surface area contributed by atoms with Gasteiger partial charge in [-0.05, 0) is 70.6 Å². The number of nitrogen functional groups attached to an aromatic ring is 1. The van der Waals surface area contributed by atoms with Gasteiger partial charge in [0, 0.05) is 5.56 Å². The number of nitrogens with two attached hydrogens (primary N) is 1. The average Bonchev–Trinajstić information content (AvgIpc) is 2.82. The molecule has 0 spiro atoms. The van der Waals surface area contributed by atoms with Crippen LogP contribution in [0.3, 0.4) is 0 Å². The second-order valence-electron chi connectivity index (χ2n) is 7.29. The van der Waals surface area contributed by atoms with Gasteiger partial charge in [-0.25, -0.2) is 4.52 Å². The summed E-state index contributed by atoms with van der Waals surface area (Å²) in [7, 11) is -2.03. The highest BCUT2D eigenvalue weighted by molar-refractivity contribution is 7.48. The molecule has 0 aliphatic rings. The lowest BCUT2D eigenvalue weighted by atomic mass is 10.0. The summed E-state index contributed by atoms with van der Waals surface area (Å²) in [5.41, 5.74) is 10.3. The van der Waals surface area contributed by atoms with Crippen molar-refractivity contribution in [3.63, 3.8) is 0 Å². The minimum absolute atomic E-state index is 0.288. The molecule has 0 aliphatic carbocycles. The Morgan fingerprint density at radius 2 is 1.53 bits per heavy atom. The van der Waals surface area contributed by atoms with Gasteiger partial charge in [0.05, 0.1) is 11.4 Å². The van der Waals surface area contributed by atoms with Crippen LogP contribution in [-0.2, 0) is 4.57 Å². The molecule has 1 amide bonds.